The molecule has 21 heavy (non-hydrogen) atoms. The highest BCUT2D eigenvalue weighted by molar-refractivity contribution is 8.00. The minimum absolute atomic E-state index is 0.0139. The molecule has 6 heteroatoms. The van der Waals surface area contributed by atoms with Crippen LogP contribution >= 0.6 is 11.8 Å². The van der Waals surface area contributed by atoms with Gasteiger partial charge in [-0.1, -0.05) is 26.7 Å². The van der Waals surface area contributed by atoms with Crippen LogP contribution in [-0.4, -0.2) is 57.2 Å². The van der Waals surface area contributed by atoms with Crippen molar-refractivity contribution in [3.63, 3.8) is 0 Å². The van der Waals surface area contributed by atoms with Gasteiger partial charge in [-0.25, -0.2) is 9.59 Å². The molecule has 2 amide bonds. The number of amides is 2. The number of carbonyl (C=O) groups excluding carboxylic acids is 1. The summed E-state index contributed by atoms with van der Waals surface area (Å²) in [5, 5.41) is 9.35. The summed E-state index contributed by atoms with van der Waals surface area (Å²) in [5.74, 6) is 0.0939. The summed E-state index contributed by atoms with van der Waals surface area (Å²) in [4.78, 5) is 27.7. The van der Waals surface area contributed by atoms with Crippen LogP contribution in [-0.2, 0) is 4.79 Å². The number of carboxylic acids is 1. The molecule has 1 saturated heterocycles. The molecule has 120 valence electrons. The summed E-state index contributed by atoms with van der Waals surface area (Å²) >= 11 is 1.58. The van der Waals surface area contributed by atoms with Crippen molar-refractivity contribution in [1.29, 1.82) is 0 Å². The summed E-state index contributed by atoms with van der Waals surface area (Å²) in [6, 6.07) is -0.560. The van der Waals surface area contributed by atoms with Crippen molar-refractivity contribution in [1.82, 2.24) is 9.80 Å². The third kappa shape index (κ3) is 3.30. The standard InChI is InChI=1S/C15H26N2O3S/c1-4-13-17(12(9-21-13)14(18)19)15(20)16(3)11-8-6-5-7-10(11)2/h10-13H,4-9H2,1-3H3,(H,18,19). The van der Waals surface area contributed by atoms with Gasteiger partial charge >= 0.3 is 12.0 Å². The van der Waals surface area contributed by atoms with E-state index < -0.39 is 12.0 Å². The first-order valence-corrected chi connectivity index (χ1v) is 8.91. The number of hydrogen-bond acceptors (Lipinski definition) is 3. The van der Waals surface area contributed by atoms with Crippen LogP contribution in [0, 0.1) is 5.92 Å². The van der Waals surface area contributed by atoms with E-state index >= 15 is 0 Å². The van der Waals surface area contributed by atoms with Gasteiger partial charge in [0.05, 0.1) is 5.37 Å². The number of thioether (sulfide) groups is 1. The molecule has 0 bridgehead atoms. The number of carbonyl (C=O) groups is 2. The number of rotatable bonds is 3. The number of nitrogens with zero attached hydrogens (tertiary/aromatic N) is 2. The lowest BCUT2D eigenvalue weighted by Gasteiger charge is -2.40. The van der Waals surface area contributed by atoms with Crippen LogP contribution in [0.4, 0.5) is 4.79 Å². The lowest BCUT2D eigenvalue weighted by molar-refractivity contribution is -0.141. The first-order valence-electron chi connectivity index (χ1n) is 7.86. The zero-order chi connectivity index (χ0) is 15.6. The van der Waals surface area contributed by atoms with E-state index in [2.05, 4.69) is 6.92 Å². The van der Waals surface area contributed by atoms with Crippen molar-refractivity contribution in [2.75, 3.05) is 12.8 Å². The van der Waals surface area contributed by atoms with E-state index in [9.17, 15) is 14.7 Å². The van der Waals surface area contributed by atoms with Crippen LogP contribution in [0.3, 0.4) is 0 Å². The van der Waals surface area contributed by atoms with Crippen molar-refractivity contribution in [2.24, 2.45) is 5.92 Å². The Hall–Kier alpha value is -0.910. The molecule has 0 spiro atoms. The molecule has 0 radical (unpaired) electrons. The Balaban J connectivity index is 2.13. The van der Waals surface area contributed by atoms with Crippen molar-refractivity contribution in [3.05, 3.63) is 0 Å². The third-order valence-electron chi connectivity index (χ3n) is 4.81. The average Bonchev–Trinajstić information content (AvgIpc) is 2.90. The number of hydrogen-bond donors (Lipinski definition) is 1. The molecule has 1 aliphatic heterocycles. The highest BCUT2D eigenvalue weighted by Gasteiger charge is 2.43. The largest absolute Gasteiger partial charge is 0.480 e. The smallest absolute Gasteiger partial charge is 0.327 e. The maximum Gasteiger partial charge on any atom is 0.327 e. The lowest BCUT2D eigenvalue weighted by atomic mass is 9.85. The molecule has 5 nitrogen and oxygen atoms in total. The monoisotopic (exact) mass is 314 g/mol. The fraction of sp³-hybridized carbons (Fsp3) is 0.867. The van der Waals surface area contributed by atoms with Crippen LogP contribution in [0.15, 0.2) is 0 Å². The molecule has 1 aliphatic carbocycles. The summed E-state index contributed by atoms with van der Waals surface area (Å²) in [7, 11) is 1.84. The van der Waals surface area contributed by atoms with Gasteiger partial charge in [-0.2, -0.15) is 0 Å². The van der Waals surface area contributed by atoms with Gasteiger partial charge in [-0.3, -0.25) is 4.90 Å². The van der Waals surface area contributed by atoms with Gasteiger partial charge in [0.1, 0.15) is 6.04 Å². The van der Waals surface area contributed by atoms with E-state index in [1.807, 2.05) is 14.0 Å². The van der Waals surface area contributed by atoms with E-state index in [1.54, 1.807) is 21.6 Å². The van der Waals surface area contributed by atoms with Gasteiger partial charge in [-0.05, 0) is 25.2 Å². The molecule has 1 saturated carbocycles. The van der Waals surface area contributed by atoms with Gasteiger partial charge in [0, 0.05) is 18.8 Å². The molecular weight excluding hydrogens is 288 g/mol. The van der Waals surface area contributed by atoms with Gasteiger partial charge in [-0.15, -0.1) is 11.8 Å². The normalized spacial score (nSPS) is 33.0. The van der Waals surface area contributed by atoms with E-state index in [-0.39, 0.29) is 17.4 Å². The minimum Gasteiger partial charge on any atom is -0.480 e. The fourth-order valence-corrected chi connectivity index (χ4v) is 4.86. The molecule has 4 unspecified atom stereocenters. The first-order chi connectivity index (χ1) is 9.97. The molecule has 4 atom stereocenters. The van der Waals surface area contributed by atoms with Crippen molar-refractivity contribution >= 4 is 23.8 Å². The zero-order valence-electron chi connectivity index (χ0n) is 13.1. The molecule has 0 aromatic heterocycles. The van der Waals surface area contributed by atoms with E-state index in [0.29, 0.717) is 11.7 Å². The van der Waals surface area contributed by atoms with Gasteiger partial charge < -0.3 is 10.0 Å². The minimum atomic E-state index is -0.892. The zero-order valence-corrected chi connectivity index (χ0v) is 13.9. The van der Waals surface area contributed by atoms with Crippen molar-refractivity contribution in [3.8, 4) is 0 Å². The molecule has 2 aliphatic rings. The Morgan fingerprint density at radius 2 is 2.00 bits per heavy atom. The second-order valence-electron chi connectivity index (χ2n) is 6.18. The van der Waals surface area contributed by atoms with Crippen molar-refractivity contribution in [2.45, 2.75) is 63.4 Å². The van der Waals surface area contributed by atoms with E-state index in [0.717, 1.165) is 25.7 Å². The molecule has 1 N–H and O–H groups in total. The summed E-state index contributed by atoms with van der Waals surface area (Å²) in [5.41, 5.74) is 0. The topological polar surface area (TPSA) is 60.9 Å². The van der Waals surface area contributed by atoms with Gasteiger partial charge in [0.15, 0.2) is 0 Å². The van der Waals surface area contributed by atoms with E-state index in [4.69, 9.17) is 0 Å². The molecule has 2 rings (SSSR count). The average molecular weight is 314 g/mol. The Morgan fingerprint density at radius 3 is 2.57 bits per heavy atom. The quantitative estimate of drug-likeness (QED) is 0.870. The molecule has 2 fully saturated rings. The summed E-state index contributed by atoms with van der Waals surface area (Å²) in [6.07, 6.45) is 5.35. The predicted octanol–water partition coefficient (Wildman–Crippen LogP) is 2.86. The fourth-order valence-electron chi connectivity index (χ4n) is 3.52. The number of carboxylic acid groups (broad SMARTS) is 1. The van der Waals surface area contributed by atoms with Gasteiger partial charge in [0.2, 0.25) is 0 Å². The SMILES string of the molecule is CCC1SCC(C(=O)O)N1C(=O)N(C)C1CCCCC1C. The van der Waals surface area contributed by atoms with Crippen LogP contribution in [0.2, 0.25) is 0 Å². The summed E-state index contributed by atoms with van der Waals surface area (Å²) in [6.45, 7) is 4.20. The maximum atomic E-state index is 12.8. The summed E-state index contributed by atoms with van der Waals surface area (Å²) < 4.78 is 0. The highest BCUT2D eigenvalue weighted by atomic mass is 32.2. The van der Waals surface area contributed by atoms with Crippen LogP contribution in [0.25, 0.3) is 0 Å². The highest BCUT2D eigenvalue weighted by Crippen LogP contribution is 2.34. The van der Waals surface area contributed by atoms with Gasteiger partial charge in [0.25, 0.3) is 0 Å². The molecule has 0 aromatic rings. The second-order valence-corrected chi connectivity index (χ2v) is 7.39. The predicted molar refractivity (Wildman–Crippen MR) is 84.4 cm³/mol. The van der Waals surface area contributed by atoms with Crippen LogP contribution in [0.1, 0.15) is 46.0 Å². The molecule has 0 aromatic carbocycles. The Bertz CT molecular complexity index is 404. The number of aliphatic carboxylic acids is 1. The maximum absolute atomic E-state index is 12.8. The Morgan fingerprint density at radius 1 is 1.33 bits per heavy atom. The third-order valence-corrected chi connectivity index (χ3v) is 6.27. The lowest BCUT2D eigenvalue weighted by Crippen LogP contribution is -2.54. The van der Waals surface area contributed by atoms with Crippen LogP contribution in [0.5, 0.6) is 0 Å². The molecule has 1 heterocycles. The van der Waals surface area contributed by atoms with Crippen LogP contribution < -0.4 is 0 Å². The second kappa shape index (κ2) is 6.90. The number of urea groups is 1. The Kier molecular flexibility index (Phi) is 5.41. The Labute approximate surface area is 131 Å². The first kappa shape index (κ1) is 16.5. The molecular formula is C15H26N2O3S. The van der Waals surface area contributed by atoms with Crippen molar-refractivity contribution < 1.29 is 14.7 Å². The van der Waals surface area contributed by atoms with E-state index in [1.165, 1.54) is 6.42 Å².